The van der Waals surface area contributed by atoms with Crippen LogP contribution in [0.25, 0.3) is 0 Å². The van der Waals surface area contributed by atoms with Gasteiger partial charge in [0, 0.05) is 5.92 Å². The highest BCUT2D eigenvalue weighted by atomic mass is 35.5. The van der Waals surface area contributed by atoms with Crippen LogP contribution in [-0.4, -0.2) is 19.0 Å². The molecule has 2 rings (SSSR count). The molecule has 3 nitrogen and oxygen atoms in total. The van der Waals surface area contributed by atoms with Gasteiger partial charge in [0.1, 0.15) is 0 Å². The van der Waals surface area contributed by atoms with Gasteiger partial charge >= 0.3 is 6.18 Å². The van der Waals surface area contributed by atoms with Crippen LogP contribution in [0.5, 0.6) is 0 Å². The molecule has 0 aromatic heterocycles. The molecule has 0 bridgehead atoms. The van der Waals surface area contributed by atoms with E-state index < -0.39 is 17.8 Å². The number of alkyl halides is 3. The zero-order chi connectivity index (χ0) is 17.7. The van der Waals surface area contributed by atoms with Crippen molar-refractivity contribution in [1.82, 2.24) is 10.6 Å². The Morgan fingerprint density at radius 3 is 2.48 bits per heavy atom. The third kappa shape index (κ3) is 6.51. The van der Waals surface area contributed by atoms with Crippen LogP contribution >= 0.6 is 12.4 Å². The molecule has 1 atom stereocenters. The van der Waals surface area contributed by atoms with Gasteiger partial charge in [-0.2, -0.15) is 13.2 Å². The number of amides is 1. The first kappa shape index (κ1) is 21.8. The molecular weight excluding hydrogens is 353 g/mol. The first-order valence-corrected chi connectivity index (χ1v) is 8.45. The Hall–Kier alpha value is -1.27. The van der Waals surface area contributed by atoms with Crippen LogP contribution in [-0.2, 0) is 11.0 Å². The molecule has 1 saturated heterocycles. The molecule has 7 heteroatoms. The average Bonchev–Trinajstić information content (AvgIpc) is 2.54. The number of hydrogen-bond acceptors (Lipinski definition) is 2. The van der Waals surface area contributed by atoms with Gasteiger partial charge in [0.25, 0.3) is 0 Å². The molecule has 1 amide bonds. The minimum absolute atomic E-state index is 0. The number of nitrogens with one attached hydrogen (secondary N) is 2. The molecule has 1 aliphatic heterocycles. The SMILES string of the molecule is CC(C)CC(NC(=O)C1CCNCC1)c1cccc(C(F)(F)F)c1.Cl. The maximum absolute atomic E-state index is 13.0. The lowest BCUT2D eigenvalue weighted by Crippen LogP contribution is -2.40. The van der Waals surface area contributed by atoms with E-state index in [9.17, 15) is 18.0 Å². The molecular formula is C18H26ClF3N2O. The van der Waals surface area contributed by atoms with Crippen molar-refractivity contribution in [2.24, 2.45) is 11.8 Å². The van der Waals surface area contributed by atoms with E-state index in [1.807, 2.05) is 13.8 Å². The van der Waals surface area contributed by atoms with Gasteiger partial charge in [0.15, 0.2) is 0 Å². The summed E-state index contributed by atoms with van der Waals surface area (Å²) in [7, 11) is 0. The van der Waals surface area contributed by atoms with Crippen LogP contribution in [0.2, 0.25) is 0 Å². The Morgan fingerprint density at radius 1 is 1.28 bits per heavy atom. The zero-order valence-electron chi connectivity index (χ0n) is 14.5. The smallest absolute Gasteiger partial charge is 0.349 e. The van der Waals surface area contributed by atoms with Gasteiger partial charge < -0.3 is 10.6 Å². The van der Waals surface area contributed by atoms with Crippen molar-refractivity contribution in [2.45, 2.75) is 45.3 Å². The number of carbonyl (C=O) groups is 1. The van der Waals surface area contributed by atoms with Gasteiger partial charge in [0.05, 0.1) is 11.6 Å². The zero-order valence-corrected chi connectivity index (χ0v) is 15.3. The summed E-state index contributed by atoms with van der Waals surface area (Å²) >= 11 is 0. The quantitative estimate of drug-likeness (QED) is 0.800. The van der Waals surface area contributed by atoms with Gasteiger partial charge in [-0.3, -0.25) is 4.79 Å². The van der Waals surface area contributed by atoms with Gasteiger partial charge in [-0.05, 0) is 56.0 Å². The lowest BCUT2D eigenvalue weighted by atomic mass is 9.93. The highest BCUT2D eigenvalue weighted by Crippen LogP contribution is 2.32. The lowest BCUT2D eigenvalue weighted by molar-refractivity contribution is -0.137. The van der Waals surface area contributed by atoms with Crippen molar-refractivity contribution in [3.63, 3.8) is 0 Å². The number of hydrogen-bond donors (Lipinski definition) is 2. The summed E-state index contributed by atoms with van der Waals surface area (Å²) in [4.78, 5) is 12.5. The molecule has 0 aliphatic carbocycles. The molecule has 1 aliphatic rings. The highest BCUT2D eigenvalue weighted by Gasteiger charge is 2.31. The minimum Gasteiger partial charge on any atom is -0.349 e. The topological polar surface area (TPSA) is 41.1 Å². The summed E-state index contributed by atoms with van der Waals surface area (Å²) in [5.74, 6) is 0.143. The van der Waals surface area contributed by atoms with Gasteiger partial charge in [-0.25, -0.2) is 0 Å². The van der Waals surface area contributed by atoms with Crippen LogP contribution in [0.4, 0.5) is 13.2 Å². The fourth-order valence-corrected chi connectivity index (χ4v) is 3.06. The summed E-state index contributed by atoms with van der Waals surface area (Å²) in [6.07, 6.45) is -2.24. The lowest BCUT2D eigenvalue weighted by Gasteiger charge is -2.27. The Morgan fingerprint density at radius 2 is 1.92 bits per heavy atom. The van der Waals surface area contributed by atoms with Crippen molar-refractivity contribution in [2.75, 3.05) is 13.1 Å². The first-order chi connectivity index (χ1) is 11.3. The third-order valence-corrected chi connectivity index (χ3v) is 4.35. The Balaban J connectivity index is 0.00000312. The van der Waals surface area contributed by atoms with Crippen LogP contribution in [0.15, 0.2) is 24.3 Å². The minimum atomic E-state index is -4.38. The number of halogens is 4. The van der Waals surface area contributed by atoms with Gasteiger partial charge in [-0.15, -0.1) is 12.4 Å². The Bertz CT molecular complexity index is 557. The molecule has 25 heavy (non-hydrogen) atoms. The second-order valence-electron chi connectivity index (χ2n) is 6.84. The summed E-state index contributed by atoms with van der Waals surface area (Å²) in [5.41, 5.74) is -0.161. The van der Waals surface area contributed by atoms with E-state index in [4.69, 9.17) is 0 Å². The molecule has 2 N–H and O–H groups in total. The number of benzene rings is 1. The van der Waals surface area contributed by atoms with Gasteiger partial charge in [0.2, 0.25) is 5.91 Å². The predicted molar refractivity (Wildman–Crippen MR) is 94.6 cm³/mol. The summed E-state index contributed by atoms with van der Waals surface area (Å²) in [6, 6.07) is 4.88. The van der Waals surface area contributed by atoms with Crippen molar-refractivity contribution >= 4 is 18.3 Å². The molecule has 1 heterocycles. The average molecular weight is 379 g/mol. The standard InChI is InChI=1S/C18H25F3N2O.ClH/c1-12(2)10-16(23-17(24)13-6-8-22-9-7-13)14-4-3-5-15(11-14)18(19,20)21;/h3-5,11-13,16,22H,6-10H2,1-2H3,(H,23,24);1H. The first-order valence-electron chi connectivity index (χ1n) is 8.45. The third-order valence-electron chi connectivity index (χ3n) is 4.35. The van der Waals surface area contributed by atoms with E-state index in [-0.39, 0.29) is 30.2 Å². The largest absolute Gasteiger partial charge is 0.416 e. The molecule has 0 spiro atoms. The Labute approximate surface area is 153 Å². The molecule has 1 aromatic carbocycles. The fourth-order valence-electron chi connectivity index (χ4n) is 3.06. The van der Waals surface area contributed by atoms with Crippen LogP contribution in [0, 0.1) is 11.8 Å². The second-order valence-corrected chi connectivity index (χ2v) is 6.84. The normalized spacial score (nSPS) is 17.0. The van der Waals surface area contributed by atoms with Crippen LogP contribution < -0.4 is 10.6 Å². The molecule has 1 unspecified atom stereocenters. The Kier molecular flexibility index (Phi) is 8.22. The maximum Gasteiger partial charge on any atom is 0.416 e. The van der Waals surface area contributed by atoms with Crippen molar-refractivity contribution < 1.29 is 18.0 Å². The van der Waals surface area contributed by atoms with Crippen LogP contribution in [0.1, 0.15) is 50.3 Å². The molecule has 1 aromatic rings. The number of carbonyl (C=O) groups excluding carboxylic acids is 1. The summed E-state index contributed by atoms with van der Waals surface area (Å²) in [6.45, 7) is 5.60. The highest BCUT2D eigenvalue weighted by molar-refractivity contribution is 5.85. The van der Waals surface area contributed by atoms with E-state index in [1.165, 1.54) is 6.07 Å². The fraction of sp³-hybridized carbons (Fsp3) is 0.611. The van der Waals surface area contributed by atoms with E-state index in [0.717, 1.165) is 38.1 Å². The summed E-state index contributed by atoms with van der Waals surface area (Å²) < 4.78 is 38.9. The van der Waals surface area contributed by atoms with Crippen molar-refractivity contribution in [1.29, 1.82) is 0 Å². The molecule has 0 saturated carbocycles. The predicted octanol–water partition coefficient (Wildman–Crippen LogP) is 4.33. The molecule has 1 fully saturated rings. The van der Waals surface area contributed by atoms with Crippen LogP contribution in [0.3, 0.4) is 0 Å². The van der Waals surface area contributed by atoms with E-state index >= 15 is 0 Å². The monoisotopic (exact) mass is 378 g/mol. The molecule has 0 radical (unpaired) electrons. The van der Waals surface area contributed by atoms with Gasteiger partial charge in [-0.1, -0.05) is 26.0 Å². The van der Waals surface area contributed by atoms with E-state index in [1.54, 1.807) is 6.07 Å². The maximum atomic E-state index is 13.0. The molecule has 142 valence electrons. The van der Waals surface area contributed by atoms with E-state index in [2.05, 4.69) is 10.6 Å². The van der Waals surface area contributed by atoms with E-state index in [0.29, 0.717) is 12.0 Å². The van der Waals surface area contributed by atoms with Crippen molar-refractivity contribution in [3.8, 4) is 0 Å². The second kappa shape index (κ2) is 9.43. The van der Waals surface area contributed by atoms with Crippen molar-refractivity contribution in [3.05, 3.63) is 35.4 Å². The number of piperidine rings is 1. The summed E-state index contributed by atoms with van der Waals surface area (Å²) in [5, 5.41) is 6.18. The number of rotatable bonds is 5.